The van der Waals surface area contributed by atoms with Gasteiger partial charge in [-0.15, -0.1) is 0 Å². The molecule has 2 rings (SSSR count). The molecule has 0 saturated carbocycles. The maximum atomic E-state index is 13.0. The molecule has 0 aliphatic heterocycles. The Balaban J connectivity index is 2.27. The molecule has 0 bridgehead atoms. The van der Waals surface area contributed by atoms with Gasteiger partial charge in [-0.1, -0.05) is 25.1 Å². The van der Waals surface area contributed by atoms with Gasteiger partial charge >= 0.3 is 0 Å². The van der Waals surface area contributed by atoms with Crippen molar-refractivity contribution in [1.29, 1.82) is 0 Å². The summed E-state index contributed by atoms with van der Waals surface area (Å²) in [5.74, 6) is -0.515. The Labute approximate surface area is 156 Å². The average molecular weight is 352 g/mol. The van der Waals surface area contributed by atoms with Gasteiger partial charge in [0, 0.05) is 11.1 Å². The van der Waals surface area contributed by atoms with E-state index in [0.717, 1.165) is 17.5 Å². The minimum absolute atomic E-state index is 0.223. The van der Waals surface area contributed by atoms with Crippen LogP contribution in [0.15, 0.2) is 42.5 Å². The molecule has 0 spiro atoms. The number of aryl methyl sites for hydroxylation is 3. The van der Waals surface area contributed by atoms with Gasteiger partial charge in [-0.3, -0.25) is 15.0 Å². The Morgan fingerprint density at radius 3 is 2.00 bits per heavy atom. The second-order valence-electron chi connectivity index (χ2n) is 7.60. The van der Waals surface area contributed by atoms with Crippen LogP contribution in [0.5, 0.6) is 0 Å². The third-order valence-corrected chi connectivity index (χ3v) is 4.47. The predicted molar refractivity (Wildman–Crippen MR) is 105 cm³/mol. The van der Waals surface area contributed by atoms with Gasteiger partial charge in [0.1, 0.15) is 0 Å². The highest BCUT2D eigenvalue weighted by Gasteiger charge is 2.29. The van der Waals surface area contributed by atoms with Gasteiger partial charge in [-0.25, -0.2) is 5.01 Å². The molecule has 0 aliphatic rings. The maximum Gasteiger partial charge on any atom is 0.272 e. The van der Waals surface area contributed by atoms with Crippen molar-refractivity contribution >= 4 is 11.8 Å². The fourth-order valence-electron chi connectivity index (χ4n) is 2.58. The Hall–Kier alpha value is -2.62. The van der Waals surface area contributed by atoms with E-state index in [1.807, 2.05) is 58.9 Å². The van der Waals surface area contributed by atoms with Crippen molar-refractivity contribution in [3.63, 3.8) is 0 Å². The SMILES string of the molecule is CCc1ccc(C(=O)NN(C(=O)c2ccc(C)c(C)c2)C(C)(C)C)cc1. The normalized spacial score (nSPS) is 11.2. The largest absolute Gasteiger partial charge is 0.272 e. The van der Waals surface area contributed by atoms with Crippen LogP contribution in [0, 0.1) is 13.8 Å². The van der Waals surface area contributed by atoms with Crippen molar-refractivity contribution in [3.8, 4) is 0 Å². The van der Waals surface area contributed by atoms with E-state index in [1.54, 1.807) is 18.2 Å². The first-order valence-corrected chi connectivity index (χ1v) is 8.95. The summed E-state index contributed by atoms with van der Waals surface area (Å²) in [6, 6.07) is 13.0. The molecule has 2 aromatic rings. The summed E-state index contributed by atoms with van der Waals surface area (Å²) >= 11 is 0. The van der Waals surface area contributed by atoms with Gasteiger partial charge in [0.25, 0.3) is 11.8 Å². The zero-order valence-corrected chi connectivity index (χ0v) is 16.5. The van der Waals surface area contributed by atoms with E-state index in [0.29, 0.717) is 11.1 Å². The lowest BCUT2D eigenvalue weighted by atomic mass is 10.0. The molecule has 0 atom stereocenters. The number of nitrogens with one attached hydrogen (secondary N) is 1. The second-order valence-corrected chi connectivity index (χ2v) is 7.60. The number of carbonyl (C=O) groups excluding carboxylic acids is 2. The van der Waals surface area contributed by atoms with Crippen LogP contribution in [0.1, 0.15) is 65.1 Å². The summed E-state index contributed by atoms with van der Waals surface area (Å²) in [6.07, 6.45) is 0.918. The van der Waals surface area contributed by atoms with E-state index in [1.165, 1.54) is 10.6 Å². The van der Waals surface area contributed by atoms with E-state index >= 15 is 0 Å². The first-order valence-electron chi connectivity index (χ1n) is 8.95. The summed E-state index contributed by atoms with van der Waals surface area (Å²) in [4.78, 5) is 25.7. The number of hydrazine groups is 1. The third kappa shape index (κ3) is 4.51. The molecule has 0 unspecified atom stereocenters. The number of carbonyl (C=O) groups is 2. The number of hydrogen-bond acceptors (Lipinski definition) is 2. The van der Waals surface area contributed by atoms with Crippen molar-refractivity contribution in [2.24, 2.45) is 0 Å². The van der Waals surface area contributed by atoms with Gasteiger partial charge in [0.15, 0.2) is 0 Å². The lowest BCUT2D eigenvalue weighted by Gasteiger charge is -2.35. The smallest absolute Gasteiger partial charge is 0.267 e. The lowest BCUT2D eigenvalue weighted by Crippen LogP contribution is -2.55. The number of rotatable bonds is 3. The fourth-order valence-corrected chi connectivity index (χ4v) is 2.58. The summed E-state index contributed by atoms with van der Waals surface area (Å²) in [6.45, 7) is 11.7. The fraction of sp³-hybridized carbons (Fsp3) is 0.364. The summed E-state index contributed by atoms with van der Waals surface area (Å²) < 4.78 is 0. The zero-order valence-electron chi connectivity index (χ0n) is 16.5. The van der Waals surface area contributed by atoms with Crippen LogP contribution in [-0.2, 0) is 6.42 Å². The van der Waals surface area contributed by atoms with Crippen molar-refractivity contribution in [2.45, 2.75) is 53.5 Å². The minimum Gasteiger partial charge on any atom is -0.267 e. The molecule has 2 aromatic carbocycles. The first kappa shape index (κ1) is 19.7. The molecular formula is C22H28N2O2. The van der Waals surface area contributed by atoms with Gasteiger partial charge in [0.2, 0.25) is 0 Å². The van der Waals surface area contributed by atoms with E-state index in [4.69, 9.17) is 0 Å². The molecule has 0 heterocycles. The first-order chi connectivity index (χ1) is 12.1. The Bertz CT molecular complexity index is 802. The average Bonchev–Trinajstić information content (AvgIpc) is 2.60. The highest BCUT2D eigenvalue weighted by atomic mass is 16.2. The molecule has 0 fully saturated rings. The maximum absolute atomic E-state index is 13.0. The molecule has 4 nitrogen and oxygen atoms in total. The van der Waals surface area contributed by atoms with E-state index in [2.05, 4.69) is 12.3 Å². The zero-order chi connectivity index (χ0) is 19.5. The van der Waals surface area contributed by atoms with E-state index < -0.39 is 5.54 Å². The number of nitrogens with zero attached hydrogens (tertiary/aromatic N) is 1. The standard InChI is InChI=1S/C22H28N2O2/c1-7-17-9-12-18(13-10-17)20(25)23-24(22(4,5)6)21(26)19-11-8-15(2)16(3)14-19/h8-14H,7H2,1-6H3,(H,23,25). The molecule has 0 aliphatic carbocycles. The molecule has 0 aromatic heterocycles. The number of amides is 2. The molecule has 1 N–H and O–H groups in total. The second kappa shape index (κ2) is 7.73. The topological polar surface area (TPSA) is 49.4 Å². The van der Waals surface area contributed by atoms with Gasteiger partial charge in [-0.05, 0) is 82.0 Å². The Morgan fingerprint density at radius 2 is 1.50 bits per heavy atom. The molecular weight excluding hydrogens is 324 g/mol. The van der Waals surface area contributed by atoms with Crippen molar-refractivity contribution in [2.75, 3.05) is 0 Å². The molecule has 4 heteroatoms. The highest BCUT2D eigenvalue weighted by Crippen LogP contribution is 2.18. The highest BCUT2D eigenvalue weighted by molar-refractivity contribution is 5.99. The molecule has 0 saturated heterocycles. The quantitative estimate of drug-likeness (QED) is 0.830. The molecule has 2 amide bonds. The Kier molecular flexibility index (Phi) is 5.86. The van der Waals surface area contributed by atoms with E-state index in [9.17, 15) is 9.59 Å². The van der Waals surface area contributed by atoms with Crippen LogP contribution in [0.2, 0.25) is 0 Å². The van der Waals surface area contributed by atoms with Crippen molar-refractivity contribution in [3.05, 3.63) is 70.3 Å². The van der Waals surface area contributed by atoms with Crippen LogP contribution >= 0.6 is 0 Å². The van der Waals surface area contributed by atoms with Crippen LogP contribution in [-0.4, -0.2) is 22.4 Å². The lowest BCUT2D eigenvalue weighted by molar-refractivity contribution is 0.0358. The van der Waals surface area contributed by atoms with Crippen LogP contribution < -0.4 is 5.43 Å². The van der Waals surface area contributed by atoms with Gasteiger partial charge < -0.3 is 0 Å². The number of hydrogen-bond donors (Lipinski definition) is 1. The van der Waals surface area contributed by atoms with Gasteiger partial charge in [0.05, 0.1) is 5.54 Å². The van der Waals surface area contributed by atoms with Crippen molar-refractivity contribution < 1.29 is 9.59 Å². The van der Waals surface area contributed by atoms with Crippen LogP contribution in [0.4, 0.5) is 0 Å². The Morgan fingerprint density at radius 1 is 0.923 bits per heavy atom. The summed E-state index contributed by atoms with van der Waals surface area (Å²) in [5.41, 5.74) is 6.66. The van der Waals surface area contributed by atoms with Crippen molar-refractivity contribution in [1.82, 2.24) is 10.4 Å². The third-order valence-electron chi connectivity index (χ3n) is 4.47. The number of benzene rings is 2. The molecule has 26 heavy (non-hydrogen) atoms. The molecule has 0 radical (unpaired) electrons. The van der Waals surface area contributed by atoms with Crippen LogP contribution in [0.25, 0.3) is 0 Å². The summed E-state index contributed by atoms with van der Waals surface area (Å²) in [5, 5.41) is 1.41. The monoisotopic (exact) mass is 352 g/mol. The van der Waals surface area contributed by atoms with Gasteiger partial charge in [-0.2, -0.15) is 0 Å². The minimum atomic E-state index is -0.561. The van der Waals surface area contributed by atoms with E-state index in [-0.39, 0.29) is 11.8 Å². The van der Waals surface area contributed by atoms with Crippen LogP contribution in [0.3, 0.4) is 0 Å². The predicted octanol–water partition coefficient (Wildman–Crippen LogP) is 4.45. The molecule has 138 valence electrons. The summed E-state index contributed by atoms with van der Waals surface area (Å²) in [7, 11) is 0.